The van der Waals surface area contributed by atoms with Gasteiger partial charge in [-0.3, -0.25) is 9.59 Å². The van der Waals surface area contributed by atoms with Crippen molar-refractivity contribution in [2.45, 2.75) is 4.87 Å². The first-order valence-corrected chi connectivity index (χ1v) is 4.54. The van der Waals surface area contributed by atoms with Crippen molar-refractivity contribution >= 4 is 23.2 Å². The van der Waals surface area contributed by atoms with E-state index < -0.39 is 16.4 Å². The molecule has 4 nitrogen and oxygen atoms in total. The van der Waals surface area contributed by atoms with Gasteiger partial charge in [0, 0.05) is 6.08 Å². The Morgan fingerprint density at radius 1 is 1.67 bits per heavy atom. The number of ether oxygens (including phenoxy) is 1. The van der Waals surface area contributed by atoms with Crippen LogP contribution in [0.3, 0.4) is 0 Å². The smallest absolute Gasteiger partial charge is 0.230 e. The number of hydrogen-bond donors (Lipinski definition) is 1. The minimum Gasteiger partial charge on any atom is -0.487 e. The van der Waals surface area contributed by atoms with Crippen LogP contribution < -0.4 is 0 Å². The van der Waals surface area contributed by atoms with Crippen molar-refractivity contribution in [2.24, 2.45) is 0 Å². The molecule has 0 amide bonds. The summed E-state index contributed by atoms with van der Waals surface area (Å²) < 4.78 is 4.86. The summed E-state index contributed by atoms with van der Waals surface area (Å²) in [5.74, 6) is -1.38. The molecule has 15 heavy (non-hydrogen) atoms. The summed E-state index contributed by atoms with van der Waals surface area (Å²) in [6.07, 6.45) is 2.10. The molecule has 1 aliphatic rings. The number of carbonyl (C=O) groups is 2. The molecule has 0 fully saturated rings. The third-order valence-corrected chi connectivity index (χ3v) is 2.29. The lowest BCUT2D eigenvalue weighted by molar-refractivity contribution is -0.124. The lowest BCUT2D eigenvalue weighted by atomic mass is 10.0. The normalized spacial score (nSPS) is 24.8. The molecular formula is C10H9ClO4. The molecule has 0 heterocycles. The fourth-order valence-electron chi connectivity index (χ4n) is 1.12. The summed E-state index contributed by atoms with van der Waals surface area (Å²) in [5.41, 5.74) is 2.30. The zero-order chi connectivity index (χ0) is 11.5. The van der Waals surface area contributed by atoms with Crippen LogP contribution in [0.2, 0.25) is 0 Å². The van der Waals surface area contributed by atoms with Gasteiger partial charge in [0.25, 0.3) is 0 Å². The first-order chi connectivity index (χ1) is 7.06. The van der Waals surface area contributed by atoms with E-state index in [0.717, 1.165) is 12.2 Å². The highest BCUT2D eigenvalue weighted by Crippen LogP contribution is 2.30. The molecule has 0 aromatic carbocycles. The van der Waals surface area contributed by atoms with Crippen molar-refractivity contribution in [3.63, 3.8) is 0 Å². The lowest BCUT2D eigenvalue weighted by Gasteiger charge is -2.11. The fourth-order valence-corrected chi connectivity index (χ4v) is 1.35. The number of hydrogen-bond acceptors (Lipinski definition) is 4. The van der Waals surface area contributed by atoms with E-state index in [1.165, 1.54) is 0 Å². The minimum absolute atomic E-state index is 0.0599. The molecule has 1 aliphatic carbocycles. The quantitative estimate of drug-likeness (QED) is 0.429. The Morgan fingerprint density at radius 3 is 2.87 bits per heavy atom. The van der Waals surface area contributed by atoms with Gasteiger partial charge < -0.3 is 9.84 Å². The van der Waals surface area contributed by atoms with Gasteiger partial charge in [-0.1, -0.05) is 18.2 Å². The Morgan fingerprint density at radius 2 is 2.33 bits per heavy atom. The van der Waals surface area contributed by atoms with Crippen LogP contribution in [-0.2, 0) is 14.3 Å². The van der Waals surface area contributed by atoms with E-state index in [1.54, 1.807) is 0 Å². The van der Waals surface area contributed by atoms with Crippen molar-refractivity contribution < 1.29 is 19.4 Å². The number of alkyl halides is 1. The maximum Gasteiger partial charge on any atom is 0.230 e. The van der Waals surface area contributed by atoms with E-state index in [2.05, 4.69) is 12.3 Å². The van der Waals surface area contributed by atoms with E-state index in [1.807, 2.05) is 0 Å². The molecule has 1 rings (SSSR count). The van der Waals surface area contributed by atoms with Gasteiger partial charge >= 0.3 is 0 Å². The average molecular weight is 229 g/mol. The van der Waals surface area contributed by atoms with E-state index >= 15 is 0 Å². The second-order valence-electron chi connectivity index (χ2n) is 2.83. The number of rotatable bonds is 4. The highest BCUT2D eigenvalue weighted by molar-refractivity contribution is 6.54. The van der Waals surface area contributed by atoms with E-state index in [-0.39, 0.29) is 19.0 Å². The maximum absolute atomic E-state index is 11.6. The molecule has 0 radical (unpaired) electrons. The van der Waals surface area contributed by atoms with Gasteiger partial charge in [-0.2, -0.15) is 0 Å². The maximum atomic E-state index is 11.6. The van der Waals surface area contributed by atoms with Crippen molar-refractivity contribution in [1.29, 1.82) is 0 Å². The number of ketones is 2. The fraction of sp³-hybridized carbons (Fsp3) is 0.300. The van der Waals surface area contributed by atoms with Crippen LogP contribution in [0.1, 0.15) is 0 Å². The first kappa shape index (κ1) is 11.7. The van der Waals surface area contributed by atoms with Gasteiger partial charge in [0.1, 0.15) is 6.61 Å². The van der Waals surface area contributed by atoms with E-state index in [0.29, 0.717) is 0 Å². The Kier molecular flexibility index (Phi) is 3.48. The zero-order valence-electron chi connectivity index (χ0n) is 7.83. The summed E-state index contributed by atoms with van der Waals surface area (Å²) in [6.45, 7) is 2.95. The minimum atomic E-state index is -1.77. The van der Waals surface area contributed by atoms with E-state index in [4.69, 9.17) is 21.4 Å². The Labute approximate surface area is 91.5 Å². The van der Waals surface area contributed by atoms with Gasteiger partial charge in [0.05, 0.1) is 6.61 Å². The van der Waals surface area contributed by atoms with Crippen molar-refractivity contribution in [3.8, 4) is 0 Å². The zero-order valence-corrected chi connectivity index (χ0v) is 8.58. The molecule has 1 unspecified atom stereocenters. The molecule has 0 spiro atoms. The number of aliphatic hydroxyl groups excluding tert-OH is 1. The Balaban J connectivity index is 2.92. The molecule has 0 saturated carbocycles. The lowest BCUT2D eigenvalue weighted by Crippen LogP contribution is -2.33. The number of Topliss-reactive ketones (excluding diaryl/α,β-unsaturated/α-hetero) is 1. The molecule has 0 aromatic heterocycles. The van der Waals surface area contributed by atoms with Crippen molar-refractivity contribution in [3.05, 3.63) is 30.2 Å². The van der Waals surface area contributed by atoms with Crippen LogP contribution in [0.4, 0.5) is 0 Å². The molecule has 0 saturated heterocycles. The highest BCUT2D eigenvalue weighted by atomic mass is 35.5. The molecule has 0 aromatic rings. The van der Waals surface area contributed by atoms with Crippen molar-refractivity contribution in [2.75, 3.05) is 13.2 Å². The van der Waals surface area contributed by atoms with Crippen LogP contribution in [0, 0.1) is 0 Å². The monoisotopic (exact) mass is 228 g/mol. The molecule has 0 aliphatic heterocycles. The predicted octanol–water partition coefficient (Wildman–Crippen LogP) is 0.350. The SMILES string of the molecule is C=C=CC1(Cl)C(=O)C=C(OCCO)C1=O. The van der Waals surface area contributed by atoms with Gasteiger partial charge in [-0.05, 0) is 6.08 Å². The standard InChI is InChI=1S/C10H9ClO4/c1-2-3-10(11)8(13)6-7(9(10)14)15-5-4-12/h3,6,12H,1,4-5H2. The van der Waals surface area contributed by atoms with Crippen LogP contribution in [-0.4, -0.2) is 34.8 Å². The number of aliphatic hydroxyl groups is 1. The number of halogens is 1. The Hall–Kier alpha value is -1.35. The molecule has 0 bridgehead atoms. The molecule has 1 atom stereocenters. The third-order valence-electron chi connectivity index (χ3n) is 1.82. The first-order valence-electron chi connectivity index (χ1n) is 4.16. The van der Waals surface area contributed by atoms with Gasteiger partial charge in [0.2, 0.25) is 5.78 Å². The average Bonchev–Trinajstić information content (AvgIpc) is 2.41. The highest BCUT2D eigenvalue weighted by Gasteiger charge is 2.48. The summed E-state index contributed by atoms with van der Waals surface area (Å²) in [6, 6.07) is 0. The number of allylic oxidation sites excluding steroid dienone is 3. The van der Waals surface area contributed by atoms with E-state index in [9.17, 15) is 9.59 Å². The number of carbonyl (C=O) groups excluding carboxylic acids is 2. The molecule has 5 heteroatoms. The summed E-state index contributed by atoms with van der Waals surface area (Å²) in [7, 11) is 0. The summed E-state index contributed by atoms with van der Waals surface area (Å²) >= 11 is 5.79. The summed E-state index contributed by atoms with van der Waals surface area (Å²) in [5, 5.41) is 8.50. The Bertz CT molecular complexity index is 379. The largest absolute Gasteiger partial charge is 0.487 e. The molecular weight excluding hydrogens is 220 g/mol. The van der Waals surface area contributed by atoms with Crippen LogP contribution in [0.25, 0.3) is 0 Å². The molecule has 1 N–H and O–H groups in total. The van der Waals surface area contributed by atoms with Gasteiger partial charge in [0.15, 0.2) is 16.4 Å². The van der Waals surface area contributed by atoms with Gasteiger partial charge in [-0.25, -0.2) is 0 Å². The third kappa shape index (κ3) is 2.02. The predicted molar refractivity (Wildman–Crippen MR) is 53.4 cm³/mol. The second-order valence-corrected chi connectivity index (χ2v) is 3.43. The van der Waals surface area contributed by atoms with Crippen LogP contribution in [0.15, 0.2) is 30.2 Å². The molecule has 80 valence electrons. The summed E-state index contributed by atoms with van der Waals surface area (Å²) in [4.78, 5) is 21.2. The second kappa shape index (κ2) is 4.45. The van der Waals surface area contributed by atoms with Crippen molar-refractivity contribution in [1.82, 2.24) is 0 Å². The van der Waals surface area contributed by atoms with Gasteiger partial charge in [-0.15, -0.1) is 5.73 Å². The topological polar surface area (TPSA) is 63.6 Å². The van der Waals surface area contributed by atoms with Crippen LogP contribution >= 0.6 is 11.6 Å². The van der Waals surface area contributed by atoms with Crippen LogP contribution in [0.5, 0.6) is 0 Å².